The van der Waals surface area contributed by atoms with Gasteiger partial charge < -0.3 is 20.9 Å². The van der Waals surface area contributed by atoms with Crippen LogP contribution in [0.25, 0.3) is 0 Å². The number of ether oxygens (including phenoxy) is 1. The Morgan fingerprint density at radius 1 is 1.53 bits per heavy atom. The van der Waals surface area contributed by atoms with Crippen LogP contribution in [0.1, 0.15) is 29.3 Å². The summed E-state index contributed by atoms with van der Waals surface area (Å²) in [6, 6.07) is 3.59. The third-order valence-corrected chi connectivity index (χ3v) is 3.07. The summed E-state index contributed by atoms with van der Waals surface area (Å²) in [4.78, 5) is 11.6. The molecule has 1 rings (SSSR count). The number of rotatable bonds is 6. The van der Waals surface area contributed by atoms with Gasteiger partial charge in [-0.1, -0.05) is 6.92 Å². The number of anilines is 2. The summed E-state index contributed by atoms with van der Waals surface area (Å²) in [6.45, 7) is 4.81. The summed E-state index contributed by atoms with van der Waals surface area (Å²) in [7, 11) is 1.33. The van der Waals surface area contributed by atoms with Crippen LogP contribution in [-0.2, 0) is 4.74 Å². The number of aliphatic hydroxyl groups excluding tert-OH is 1. The number of nitrogens with one attached hydrogen (secondary N) is 1. The van der Waals surface area contributed by atoms with Crippen LogP contribution in [0.15, 0.2) is 12.1 Å². The fourth-order valence-electron chi connectivity index (χ4n) is 1.79. The minimum Gasteiger partial charge on any atom is -0.465 e. The molecule has 1 atom stereocenters. The van der Waals surface area contributed by atoms with Crippen molar-refractivity contribution >= 4 is 17.3 Å². The van der Waals surface area contributed by atoms with E-state index in [0.29, 0.717) is 17.2 Å². The summed E-state index contributed by atoms with van der Waals surface area (Å²) < 4.78 is 4.71. The van der Waals surface area contributed by atoms with Crippen molar-refractivity contribution in [2.24, 2.45) is 5.92 Å². The normalized spacial score (nSPS) is 12.0. The van der Waals surface area contributed by atoms with E-state index in [9.17, 15) is 4.79 Å². The number of carbonyl (C=O) groups is 1. The van der Waals surface area contributed by atoms with Gasteiger partial charge in [-0.2, -0.15) is 0 Å². The van der Waals surface area contributed by atoms with Crippen molar-refractivity contribution in [3.05, 3.63) is 23.3 Å². The van der Waals surface area contributed by atoms with Gasteiger partial charge in [-0.05, 0) is 37.0 Å². The summed E-state index contributed by atoms with van der Waals surface area (Å²) >= 11 is 0. The molecule has 19 heavy (non-hydrogen) atoms. The minimum atomic E-state index is -0.437. The maximum absolute atomic E-state index is 11.6. The summed E-state index contributed by atoms with van der Waals surface area (Å²) in [5, 5.41) is 12.1. The van der Waals surface area contributed by atoms with Gasteiger partial charge in [-0.25, -0.2) is 4.79 Å². The number of hydrogen-bond acceptors (Lipinski definition) is 5. The molecular formula is C14H22N2O3. The van der Waals surface area contributed by atoms with Crippen molar-refractivity contribution in [2.45, 2.75) is 20.3 Å². The van der Waals surface area contributed by atoms with E-state index in [4.69, 9.17) is 15.6 Å². The summed E-state index contributed by atoms with van der Waals surface area (Å²) in [6.07, 6.45) is 0.741. The lowest BCUT2D eigenvalue weighted by Gasteiger charge is -2.15. The Bertz CT molecular complexity index is 447. The van der Waals surface area contributed by atoms with E-state index in [1.165, 1.54) is 7.11 Å². The number of nitrogen functional groups attached to an aromatic ring is 1. The maximum atomic E-state index is 11.6. The monoisotopic (exact) mass is 266 g/mol. The molecule has 0 heterocycles. The van der Waals surface area contributed by atoms with E-state index in [2.05, 4.69) is 12.2 Å². The van der Waals surface area contributed by atoms with Crippen LogP contribution in [0.4, 0.5) is 11.4 Å². The number of esters is 1. The molecule has 1 unspecified atom stereocenters. The first-order chi connectivity index (χ1) is 8.99. The van der Waals surface area contributed by atoms with Gasteiger partial charge in [0.05, 0.1) is 12.7 Å². The second-order valence-corrected chi connectivity index (χ2v) is 4.74. The molecule has 5 heteroatoms. The summed E-state index contributed by atoms with van der Waals surface area (Å²) in [5.74, 6) is -0.0860. The van der Waals surface area contributed by atoms with E-state index in [0.717, 1.165) is 24.2 Å². The van der Waals surface area contributed by atoms with Gasteiger partial charge >= 0.3 is 5.97 Å². The number of hydrogen-bond donors (Lipinski definition) is 3. The van der Waals surface area contributed by atoms with Crippen LogP contribution < -0.4 is 11.1 Å². The van der Waals surface area contributed by atoms with Gasteiger partial charge in [-0.3, -0.25) is 0 Å². The number of nitrogens with two attached hydrogens (primary N) is 1. The molecule has 0 bridgehead atoms. The van der Waals surface area contributed by atoms with E-state index in [1.54, 1.807) is 6.07 Å². The standard InChI is InChI=1S/C14H22N2O3/c1-9(4-5-17)8-16-11-6-10(2)13(15)12(7-11)14(18)19-3/h6-7,9,16-17H,4-5,8,15H2,1-3H3. The van der Waals surface area contributed by atoms with Crippen LogP contribution in [0.2, 0.25) is 0 Å². The van der Waals surface area contributed by atoms with Crippen molar-refractivity contribution in [3.63, 3.8) is 0 Å². The molecule has 0 aliphatic rings. The highest BCUT2D eigenvalue weighted by atomic mass is 16.5. The van der Waals surface area contributed by atoms with Crippen molar-refractivity contribution in [2.75, 3.05) is 31.3 Å². The second kappa shape index (κ2) is 6.99. The lowest BCUT2D eigenvalue weighted by Crippen LogP contribution is -2.14. The SMILES string of the molecule is COC(=O)c1cc(NCC(C)CCO)cc(C)c1N. The zero-order valence-corrected chi connectivity index (χ0v) is 11.7. The number of methoxy groups -OCH3 is 1. The van der Waals surface area contributed by atoms with Crippen LogP contribution in [-0.4, -0.2) is 31.3 Å². The van der Waals surface area contributed by atoms with Gasteiger partial charge in [0.15, 0.2) is 0 Å². The predicted octanol–water partition coefficient (Wildman–Crippen LogP) is 1.79. The average molecular weight is 266 g/mol. The number of aryl methyl sites for hydroxylation is 1. The third kappa shape index (κ3) is 4.13. The Hall–Kier alpha value is -1.75. The van der Waals surface area contributed by atoms with Crippen molar-refractivity contribution in [1.29, 1.82) is 0 Å². The van der Waals surface area contributed by atoms with E-state index >= 15 is 0 Å². The molecule has 5 nitrogen and oxygen atoms in total. The van der Waals surface area contributed by atoms with Crippen molar-refractivity contribution in [3.8, 4) is 0 Å². The molecule has 0 radical (unpaired) electrons. The molecule has 106 valence electrons. The molecule has 0 aliphatic heterocycles. The lowest BCUT2D eigenvalue weighted by molar-refractivity contribution is 0.0602. The van der Waals surface area contributed by atoms with Crippen LogP contribution in [0, 0.1) is 12.8 Å². The highest BCUT2D eigenvalue weighted by Gasteiger charge is 2.13. The fraction of sp³-hybridized carbons (Fsp3) is 0.500. The zero-order chi connectivity index (χ0) is 14.4. The highest BCUT2D eigenvalue weighted by Crippen LogP contribution is 2.23. The van der Waals surface area contributed by atoms with Crippen molar-refractivity contribution < 1.29 is 14.6 Å². The molecule has 1 aromatic carbocycles. The fourth-order valence-corrected chi connectivity index (χ4v) is 1.79. The predicted molar refractivity (Wildman–Crippen MR) is 76.3 cm³/mol. The molecule has 0 aromatic heterocycles. The maximum Gasteiger partial charge on any atom is 0.340 e. The largest absolute Gasteiger partial charge is 0.465 e. The Morgan fingerprint density at radius 3 is 2.79 bits per heavy atom. The number of aliphatic hydroxyl groups is 1. The van der Waals surface area contributed by atoms with Gasteiger partial charge in [0, 0.05) is 24.5 Å². The molecular weight excluding hydrogens is 244 g/mol. The van der Waals surface area contributed by atoms with Crippen LogP contribution in [0.3, 0.4) is 0 Å². The first-order valence-electron chi connectivity index (χ1n) is 6.32. The Labute approximate surface area is 113 Å². The van der Waals surface area contributed by atoms with Crippen LogP contribution in [0.5, 0.6) is 0 Å². The average Bonchev–Trinajstić information content (AvgIpc) is 2.39. The first kappa shape index (κ1) is 15.3. The smallest absolute Gasteiger partial charge is 0.340 e. The second-order valence-electron chi connectivity index (χ2n) is 4.74. The zero-order valence-electron chi connectivity index (χ0n) is 11.7. The van der Waals surface area contributed by atoms with E-state index in [-0.39, 0.29) is 6.61 Å². The van der Waals surface area contributed by atoms with E-state index in [1.807, 2.05) is 13.0 Å². The quantitative estimate of drug-likeness (QED) is 0.540. The lowest BCUT2D eigenvalue weighted by atomic mass is 10.1. The van der Waals surface area contributed by atoms with Gasteiger partial charge in [0.25, 0.3) is 0 Å². The molecule has 0 amide bonds. The van der Waals surface area contributed by atoms with Gasteiger partial charge in [-0.15, -0.1) is 0 Å². The van der Waals surface area contributed by atoms with Crippen molar-refractivity contribution in [1.82, 2.24) is 0 Å². The van der Waals surface area contributed by atoms with E-state index < -0.39 is 5.97 Å². The molecule has 4 N–H and O–H groups in total. The third-order valence-electron chi connectivity index (χ3n) is 3.07. The number of carbonyl (C=O) groups excluding carboxylic acids is 1. The van der Waals surface area contributed by atoms with Crippen LogP contribution >= 0.6 is 0 Å². The molecule has 1 aromatic rings. The Kier molecular flexibility index (Phi) is 5.63. The molecule has 0 aliphatic carbocycles. The minimum absolute atomic E-state index is 0.178. The topological polar surface area (TPSA) is 84.6 Å². The highest BCUT2D eigenvalue weighted by molar-refractivity contribution is 5.97. The first-order valence-corrected chi connectivity index (χ1v) is 6.32. The molecule has 0 spiro atoms. The Morgan fingerprint density at radius 2 is 2.21 bits per heavy atom. The Balaban J connectivity index is 2.85. The summed E-state index contributed by atoms with van der Waals surface area (Å²) in [5.41, 5.74) is 8.35. The van der Waals surface area contributed by atoms with Gasteiger partial charge in [0.1, 0.15) is 0 Å². The number of benzene rings is 1. The molecule has 0 saturated carbocycles. The molecule has 0 saturated heterocycles. The molecule has 0 fully saturated rings. The van der Waals surface area contributed by atoms with Gasteiger partial charge in [0.2, 0.25) is 0 Å².